The van der Waals surface area contributed by atoms with Crippen molar-refractivity contribution >= 4 is 28.3 Å². The number of para-hydroxylation sites is 1. The first-order valence-corrected chi connectivity index (χ1v) is 10.4. The molecule has 154 valence electrons. The highest BCUT2D eigenvalue weighted by Crippen LogP contribution is 2.35. The van der Waals surface area contributed by atoms with Crippen LogP contribution >= 0.6 is 11.6 Å². The van der Waals surface area contributed by atoms with Crippen molar-refractivity contribution in [2.24, 2.45) is 5.73 Å². The lowest BCUT2D eigenvalue weighted by molar-refractivity contribution is -0.118. The Kier molecular flexibility index (Phi) is 7.23. The first-order chi connectivity index (χ1) is 14.0. The summed E-state index contributed by atoms with van der Waals surface area (Å²) in [6, 6.07) is 9.57. The highest BCUT2D eigenvalue weighted by atomic mass is 35.5. The summed E-state index contributed by atoms with van der Waals surface area (Å²) >= 11 is 6.42. The number of pyridine rings is 1. The van der Waals surface area contributed by atoms with Crippen molar-refractivity contribution in [3.8, 4) is 17.1 Å². The molecule has 1 aromatic carbocycles. The third-order valence-electron chi connectivity index (χ3n) is 5.05. The molecule has 2 aromatic heterocycles. The number of imidazole rings is 1. The van der Waals surface area contributed by atoms with Gasteiger partial charge < -0.3 is 15.5 Å². The van der Waals surface area contributed by atoms with Crippen LogP contribution in [0.3, 0.4) is 0 Å². The fourth-order valence-corrected chi connectivity index (χ4v) is 3.57. The Labute approximate surface area is 175 Å². The van der Waals surface area contributed by atoms with E-state index in [9.17, 15) is 4.79 Å². The number of benzene rings is 1. The molecular formula is C22H27ClN4O2. The van der Waals surface area contributed by atoms with E-state index in [-0.39, 0.29) is 6.04 Å². The van der Waals surface area contributed by atoms with Gasteiger partial charge in [-0.15, -0.1) is 0 Å². The molecule has 29 heavy (non-hydrogen) atoms. The quantitative estimate of drug-likeness (QED) is 0.444. The van der Waals surface area contributed by atoms with Gasteiger partial charge in [0.25, 0.3) is 0 Å². The summed E-state index contributed by atoms with van der Waals surface area (Å²) in [6.07, 6.45) is 4.85. The van der Waals surface area contributed by atoms with Gasteiger partial charge in [-0.3, -0.25) is 4.79 Å². The van der Waals surface area contributed by atoms with E-state index in [0.29, 0.717) is 41.2 Å². The number of hydrogen-bond donors (Lipinski definition) is 2. The number of methoxy groups -OCH3 is 1. The molecule has 0 saturated heterocycles. The molecule has 3 rings (SSSR count). The van der Waals surface area contributed by atoms with Gasteiger partial charge in [0.05, 0.1) is 29.9 Å². The maximum atomic E-state index is 11.4. The van der Waals surface area contributed by atoms with Crippen molar-refractivity contribution < 1.29 is 9.53 Å². The smallest absolute Gasteiger partial charge is 0.223 e. The maximum Gasteiger partial charge on any atom is 0.223 e. The lowest BCUT2D eigenvalue weighted by Crippen LogP contribution is -2.12. The molecule has 3 N–H and O–H groups in total. The lowest BCUT2D eigenvalue weighted by Gasteiger charge is -2.09. The monoisotopic (exact) mass is 414 g/mol. The van der Waals surface area contributed by atoms with Crippen LogP contribution in [0.15, 0.2) is 30.3 Å². The van der Waals surface area contributed by atoms with Crippen molar-refractivity contribution in [2.75, 3.05) is 7.11 Å². The number of ether oxygens (including phenoxy) is 1. The van der Waals surface area contributed by atoms with Gasteiger partial charge in [-0.25, -0.2) is 9.97 Å². The van der Waals surface area contributed by atoms with Gasteiger partial charge in [0, 0.05) is 18.2 Å². The van der Waals surface area contributed by atoms with Crippen molar-refractivity contribution in [1.82, 2.24) is 15.0 Å². The number of Topliss-reactive ketones (excluding diaryl/α,β-unsaturated/α-hetero) is 1. The van der Waals surface area contributed by atoms with Gasteiger partial charge in [-0.1, -0.05) is 49.6 Å². The second kappa shape index (κ2) is 9.85. The molecule has 0 bridgehead atoms. The van der Waals surface area contributed by atoms with Crippen LogP contribution in [0.25, 0.3) is 22.2 Å². The van der Waals surface area contributed by atoms with E-state index >= 15 is 0 Å². The number of carbonyl (C=O) groups excluding carboxylic acids is 1. The topological polar surface area (TPSA) is 93.9 Å². The molecule has 3 aromatic rings. The number of nitrogens with zero attached hydrogens (tertiary/aromatic N) is 2. The summed E-state index contributed by atoms with van der Waals surface area (Å²) in [6.45, 7) is 1.90. The number of halogens is 1. The van der Waals surface area contributed by atoms with Crippen LogP contribution in [0.4, 0.5) is 0 Å². The molecule has 0 aliphatic rings. The van der Waals surface area contributed by atoms with Crippen molar-refractivity contribution in [1.29, 1.82) is 0 Å². The van der Waals surface area contributed by atoms with Gasteiger partial charge in [-0.05, 0) is 25.0 Å². The van der Waals surface area contributed by atoms with Gasteiger partial charge in [0.15, 0.2) is 5.15 Å². The van der Waals surface area contributed by atoms with Crippen molar-refractivity contribution in [3.05, 3.63) is 41.3 Å². The Morgan fingerprint density at radius 2 is 2.03 bits per heavy atom. The van der Waals surface area contributed by atoms with E-state index < -0.39 is 0 Å². The zero-order chi connectivity index (χ0) is 20.8. The summed E-state index contributed by atoms with van der Waals surface area (Å²) in [5.41, 5.74) is 8.57. The number of carbonyl (C=O) groups is 1. The highest BCUT2D eigenvalue weighted by Gasteiger charge is 2.19. The first kappa shape index (κ1) is 21.3. The van der Waals surface area contributed by atoms with Crippen LogP contribution in [0.5, 0.6) is 5.88 Å². The number of H-pyrrole nitrogens is 1. The van der Waals surface area contributed by atoms with E-state index in [1.54, 1.807) is 7.11 Å². The molecule has 2 heterocycles. The normalized spacial score (nSPS) is 12.3. The number of fused-ring (bicyclic) bond motifs is 1. The molecular weight excluding hydrogens is 388 g/mol. The Balaban J connectivity index is 1.73. The zero-order valence-electron chi connectivity index (χ0n) is 16.9. The Morgan fingerprint density at radius 1 is 1.24 bits per heavy atom. The Morgan fingerprint density at radius 3 is 2.79 bits per heavy atom. The minimum atomic E-state index is -0.248. The number of unbranched alkanes of at least 4 members (excludes halogenated alkanes) is 2. The summed E-state index contributed by atoms with van der Waals surface area (Å²) in [5, 5.41) is 1.33. The largest absolute Gasteiger partial charge is 0.480 e. The fraction of sp³-hybridized carbons (Fsp3) is 0.409. The molecule has 7 heteroatoms. The van der Waals surface area contributed by atoms with E-state index in [1.165, 1.54) is 0 Å². The third kappa shape index (κ3) is 5.14. The zero-order valence-corrected chi connectivity index (χ0v) is 17.6. The molecule has 1 unspecified atom stereocenters. The van der Waals surface area contributed by atoms with Crippen LogP contribution in [0.2, 0.25) is 5.15 Å². The Bertz CT molecular complexity index is 986. The number of aromatic amines is 1. The third-order valence-corrected chi connectivity index (χ3v) is 5.32. The number of nitrogens with one attached hydrogen (secondary N) is 1. The second-order valence-electron chi connectivity index (χ2n) is 7.12. The van der Waals surface area contributed by atoms with Crippen LogP contribution in [0, 0.1) is 0 Å². The molecule has 0 fully saturated rings. The van der Waals surface area contributed by atoms with Crippen LogP contribution < -0.4 is 10.5 Å². The maximum absolute atomic E-state index is 11.4. The van der Waals surface area contributed by atoms with Crippen molar-refractivity contribution in [2.45, 2.75) is 51.5 Å². The van der Waals surface area contributed by atoms with E-state index in [2.05, 4.69) is 15.0 Å². The summed E-state index contributed by atoms with van der Waals surface area (Å²) in [7, 11) is 1.58. The number of rotatable bonds is 10. The lowest BCUT2D eigenvalue weighted by atomic mass is 10.1. The minimum absolute atomic E-state index is 0.248. The highest BCUT2D eigenvalue weighted by molar-refractivity contribution is 6.32. The summed E-state index contributed by atoms with van der Waals surface area (Å²) < 4.78 is 5.48. The second-order valence-corrected chi connectivity index (χ2v) is 7.48. The minimum Gasteiger partial charge on any atom is -0.480 e. The predicted octanol–water partition coefficient (Wildman–Crippen LogP) is 5.22. The van der Waals surface area contributed by atoms with E-state index in [1.807, 2.05) is 37.3 Å². The molecule has 1 atom stereocenters. The van der Waals surface area contributed by atoms with E-state index in [4.69, 9.17) is 22.1 Å². The SMILES string of the molecule is CCC(=O)CCCCCC(N)c1nc(Cl)c(-c2cc3ccccc3nc2OC)[nH]1. The molecule has 0 radical (unpaired) electrons. The van der Waals surface area contributed by atoms with Gasteiger partial charge >= 0.3 is 0 Å². The first-order valence-electron chi connectivity index (χ1n) is 10.00. The standard InChI is InChI=1S/C22H27ClN4O2/c1-3-15(28)10-5-4-6-11-17(24)21-26-19(20(23)27-21)16-13-14-9-7-8-12-18(14)25-22(16)29-2/h7-9,12-13,17H,3-6,10-11,24H2,1-2H3,(H,26,27). The fourth-order valence-electron chi connectivity index (χ4n) is 3.33. The van der Waals surface area contributed by atoms with Crippen molar-refractivity contribution in [3.63, 3.8) is 0 Å². The molecule has 0 amide bonds. The number of aromatic nitrogens is 3. The average Bonchev–Trinajstić information content (AvgIpc) is 3.13. The Hall–Kier alpha value is -2.44. The molecule has 0 aliphatic heterocycles. The van der Waals surface area contributed by atoms with Crippen LogP contribution in [-0.2, 0) is 4.79 Å². The summed E-state index contributed by atoms with van der Waals surface area (Å²) in [4.78, 5) is 23.6. The molecule has 0 spiro atoms. The predicted molar refractivity (Wildman–Crippen MR) is 116 cm³/mol. The van der Waals surface area contributed by atoms with Gasteiger partial charge in [0.1, 0.15) is 11.6 Å². The number of nitrogens with two attached hydrogens (primary N) is 1. The van der Waals surface area contributed by atoms with Gasteiger partial charge in [0.2, 0.25) is 5.88 Å². The number of ketones is 1. The molecule has 6 nitrogen and oxygen atoms in total. The van der Waals surface area contributed by atoms with Gasteiger partial charge in [-0.2, -0.15) is 0 Å². The molecule has 0 saturated carbocycles. The summed E-state index contributed by atoms with van der Waals surface area (Å²) in [5.74, 6) is 1.44. The molecule has 0 aliphatic carbocycles. The van der Waals surface area contributed by atoms with Crippen LogP contribution in [0.1, 0.15) is 57.3 Å². The van der Waals surface area contributed by atoms with Crippen LogP contribution in [-0.4, -0.2) is 27.8 Å². The average molecular weight is 415 g/mol. The van der Waals surface area contributed by atoms with E-state index in [0.717, 1.165) is 42.1 Å². The number of hydrogen-bond acceptors (Lipinski definition) is 5.